The van der Waals surface area contributed by atoms with E-state index in [1.807, 2.05) is 20.8 Å². The molecule has 0 aromatic carbocycles. The van der Waals surface area contributed by atoms with E-state index in [4.69, 9.17) is 5.73 Å². The van der Waals surface area contributed by atoms with Crippen LogP contribution in [0.5, 0.6) is 0 Å². The number of hydrogen-bond acceptors (Lipinski definition) is 4. The minimum atomic E-state index is -3.18. The van der Waals surface area contributed by atoms with E-state index in [1.54, 1.807) is 4.90 Å². The second-order valence-corrected chi connectivity index (χ2v) is 7.68. The van der Waals surface area contributed by atoms with Gasteiger partial charge in [0.25, 0.3) is 0 Å². The Kier molecular flexibility index (Phi) is 6.42. The van der Waals surface area contributed by atoms with Gasteiger partial charge in [0.15, 0.2) is 0 Å². The topological polar surface area (TPSA) is 92.5 Å². The van der Waals surface area contributed by atoms with Gasteiger partial charge in [0.05, 0.1) is 11.8 Å². The molecule has 1 rings (SSSR count). The summed E-state index contributed by atoms with van der Waals surface area (Å²) in [7, 11) is -3.18. The van der Waals surface area contributed by atoms with Crippen LogP contribution in [0, 0.1) is 5.92 Å². The Labute approximate surface area is 122 Å². The number of hydrogen-bond donors (Lipinski definition) is 2. The van der Waals surface area contributed by atoms with Crippen LogP contribution < -0.4 is 10.5 Å². The molecule has 1 aliphatic heterocycles. The molecule has 1 atom stereocenters. The van der Waals surface area contributed by atoms with Crippen molar-refractivity contribution in [2.75, 3.05) is 18.8 Å². The van der Waals surface area contributed by atoms with Crippen LogP contribution in [-0.4, -0.2) is 50.2 Å². The molecule has 6 nitrogen and oxygen atoms in total. The summed E-state index contributed by atoms with van der Waals surface area (Å²) in [5, 5.41) is 0. The molecule has 3 N–H and O–H groups in total. The largest absolute Gasteiger partial charge is 0.341 e. The van der Waals surface area contributed by atoms with Gasteiger partial charge in [-0.3, -0.25) is 4.79 Å². The highest BCUT2D eigenvalue weighted by Crippen LogP contribution is 2.14. The van der Waals surface area contributed by atoms with E-state index in [2.05, 4.69) is 4.72 Å². The number of amides is 1. The molecular weight excluding hydrogens is 278 g/mol. The zero-order chi connectivity index (χ0) is 15.3. The number of nitrogens with two attached hydrogens (primary N) is 1. The summed E-state index contributed by atoms with van der Waals surface area (Å²) in [6.07, 6.45) is 1.91. The lowest BCUT2D eigenvalue weighted by Crippen LogP contribution is -2.52. The van der Waals surface area contributed by atoms with E-state index in [0.717, 1.165) is 0 Å². The van der Waals surface area contributed by atoms with Crippen molar-refractivity contribution in [2.24, 2.45) is 11.7 Å². The molecule has 1 heterocycles. The van der Waals surface area contributed by atoms with Crippen LogP contribution >= 0.6 is 0 Å². The highest BCUT2D eigenvalue weighted by molar-refractivity contribution is 7.89. The smallest absolute Gasteiger partial charge is 0.239 e. The Hall–Kier alpha value is -0.660. The Morgan fingerprint density at radius 1 is 1.35 bits per heavy atom. The number of likely N-dealkylation sites (tertiary alicyclic amines) is 1. The van der Waals surface area contributed by atoms with Crippen LogP contribution in [0.1, 0.15) is 40.0 Å². The normalized spacial score (nSPS) is 19.4. The highest BCUT2D eigenvalue weighted by atomic mass is 32.2. The SMILES string of the molecule is CCCS(=O)(=O)NC1CCN(C(=O)[C@@H](N)C(C)C)CC1. The van der Waals surface area contributed by atoms with Crippen molar-refractivity contribution < 1.29 is 13.2 Å². The van der Waals surface area contributed by atoms with Gasteiger partial charge in [-0.15, -0.1) is 0 Å². The first-order chi connectivity index (χ1) is 9.26. The Morgan fingerprint density at radius 3 is 2.35 bits per heavy atom. The van der Waals surface area contributed by atoms with Crippen LogP contribution in [0.2, 0.25) is 0 Å². The maximum atomic E-state index is 12.1. The molecule has 0 aromatic rings. The molecule has 20 heavy (non-hydrogen) atoms. The zero-order valence-electron chi connectivity index (χ0n) is 12.6. The number of piperidine rings is 1. The van der Waals surface area contributed by atoms with Crippen molar-refractivity contribution in [3.8, 4) is 0 Å². The van der Waals surface area contributed by atoms with Crippen molar-refractivity contribution >= 4 is 15.9 Å². The third-order valence-electron chi connectivity index (χ3n) is 3.63. The number of carbonyl (C=O) groups is 1. The van der Waals surface area contributed by atoms with Crippen molar-refractivity contribution in [1.82, 2.24) is 9.62 Å². The summed E-state index contributed by atoms with van der Waals surface area (Å²) in [5.74, 6) is 0.239. The standard InChI is InChI=1S/C13H27N3O3S/c1-4-9-20(18,19)15-11-5-7-16(8-6-11)13(17)12(14)10(2)3/h10-12,15H,4-9,14H2,1-3H3/t12-/m0/s1. The van der Waals surface area contributed by atoms with Crippen molar-refractivity contribution in [3.63, 3.8) is 0 Å². The number of nitrogens with zero attached hydrogens (tertiary/aromatic N) is 1. The van der Waals surface area contributed by atoms with Crippen molar-refractivity contribution in [1.29, 1.82) is 0 Å². The molecule has 1 aliphatic rings. The van der Waals surface area contributed by atoms with E-state index in [9.17, 15) is 13.2 Å². The zero-order valence-corrected chi connectivity index (χ0v) is 13.4. The molecule has 7 heteroatoms. The lowest BCUT2D eigenvalue weighted by Gasteiger charge is -2.34. The number of rotatable bonds is 6. The first-order valence-electron chi connectivity index (χ1n) is 7.31. The van der Waals surface area contributed by atoms with Gasteiger partial charge in [0, 0.05) is 19.1 Å². The molecule has 0 bridgehead atoms. The minimum Gasteiger partial charge on any atom is -0.341 e. The molecule has 118 valence electrons. The van der Waals surface area contributed by atoms with Gasteiger partial charge in [-0.1, -0.05) is 20.8 Å². The van der Waals surface area contributed by atoms with Gasteiger partial charge in [-0.2, -0.15) is 0 Å². The Bertz CT molecular complexity index is 415. The van der Waals surface area contributed by atoms with E-state index >= 15 is 0 Å². The maximum absolute atomic E-state index is 12.1. The third-order valence-corrected chi connectivity index (χ3v) is 5.27. The predicted octanol–water partition coefficient (Wildman–Crippen LogP) is 0.290. The molecule has 0 spiro atoms. The van der Waals surface area contributed by atoms with Gasteiger partial charge < -0.3 is 10.6 Å². The van der Waals surface area contributed by atoms with Gasteiger partial charge >= 0.3 is 0 Å². The summed E-state index contributed by atoms with van der Waals surface area (Å²) in [4.78, 5) is 13.8. The Balaban J connectivity index is 2.46. The number of carbonyl (C=O) groups excluding carboxylic acids is 1. The van der Waals surface area contributed by atoms with Gasteiger partial charge in [-0.25, -0.2) is 13.1 Å². The van der Waals surface area contributed by atoms with Gasteiger partial charge in [-0.05, 0) is 25.2 Å². The lowest BCUT2D eigenvalue weighted by atomic mass is 10.0. The summed E-state index contributed by atoms with van der Waals surface area (Å²) < 4.78 is 26.1. The molecule has 1 saturated heterocycles. The van der Waals surface area contributed by atoms with Crippen molar-refractivity contribution in [2.45, 2.75) is 52.1 Å². The lowest BCUT2D eigenvalue weighted by molar-refractivity contribution is -0.134. The third kappa shape index (κ3) is 5.03. The fourth-order valence-electron chi connectivity index (χ4n) is 2.30. The van der Waals surface area contributed by atoms with Gasteiger partial charge in [0.2, 0.25) is 15.9 Å². The number of sulfonamides is 1. The summed E-state index contributed by atoms with van der Waals surface area (Å²) >= 11 is 0. The highest BCUT2D eigenvalue weighted by Gasteiger charge is 2.29. The van der Waals surface area contributed by atoms with E-state index in [1.165, 1.54) is 0 Å². The predicted molar refractivity (Wildman–Crippen MR) is 79.6 cm³/mol. The summed E-state index contributed by atoms with van der Waals surface area (Å²) in [5.41, 5.74) is 5.86. The fourth-order valence-corrected chi connectivity index (χ4v) is 3.69. The van der Waals surface area contributed by atoms with Crippen LogP contribution in [0.15, 0.2) is 0 Å². The molecule has 0 saturated carbocycles. The maximum Gasteiger partial charge on any atom is 0.239 e. The molecule has 0 radical (unpaired) electrons. The molecule has 1 fully saturated rings. The first kappa shape index (κ1) is 17.4. The quantitative estimate of drug-likeness (QED) is 0.737. The first-order valence-corrected chi connectivity index (χ1v) is 8.96. The molecule has 0 aliphatic carbocycles. The molecule has 1 amide bonds. The summed E-state index contributed by atoms with van der Waals surface area (Å²) in [6, 6.07) is -0.533. The van der Waals surface area contributed by atoms with Crippen LogP contribution in [0.25, 0.3) is 0 Å². The van der Waals surface area contributed by atoms with Crippen LogP contribution in [-0.2, 0) is 14.8 Å². The average molecular weight is 305 g/mol. The van der Waals surface area contributed by atoms with Crippen LogP contribution in [0.4, 0.5) is 0 Å². The van der Waals surface area contributed by atoms with Gasteiger partial charge in [0.1, 0.15) is 0 Å². The summed E-state index contributed by atoms with van der Waals surface area (Å²) in [6.45, 7) is 6.83. The minimum absolute atomic E-state index is 0.0325. The van der Waals surface area contributed by atoms with Crippen molar-refractivity contribution in [3.05, 3.63) is 0 Å². The fraction of sp³-hybridized carbons (Fsp3) is 0.923. The average Bonchev–Trinajstić information content (AvgIpc) is 2.37. The second-order valence-electron chi connectivity index (χ2n) is 5.81. The van der Waals surface area contributed by atoms with E-state index < -0.39 is 16.1 Å². The number of nitrogens with one attached hydrogen (secondary N) is 1. The van der Waals surface area contributed by atoms with E-state index in [0.29, 0.717) is 32.4 Å². The molecule has 0 unspecified atom stereocenters. The Morgan fingerprint density at radius 2 is 1.90 bits per heavy atom. The van der Waals surface area contributed by atoms with E-state index in [-0.39, 0.29) is 23.6 Å². The monoisotopic (exact) mass is 305 g/mol. The molecule has 0 aromatic heterocycles. The second kappa shape index (κ2) is 7.38. The molecular formula is C13H27N3O3S. The van der Waals surface area contributed by atoms with Crippen LogP contribution in [0.3, 0.4) is 0 Å².